The van der Waals surface area contributed by atoms with Crippen LogP contribution in [0.3, 0.4) is 0 Å². The van der Waals surface area contributed by atoms with Crippen LogP contribution in [-0.2, 0) is 0 Å². The molecule has 0 aliphatic carbocycles. The molecule has 154 valence electrons. The summed E-state index contributed by atoms with van der Waals surface area (Å²) in [4.78, 5) is 54.4. The second kappa shape index (κ2) is 8.74. The number of hydrogen-bond donors (Lipinski definition) is 4. The van der Waals surface area contributed by atoms with Crippen molar-refractivity contribution in [3.05, 3.63) is 125 Å². The lowest BCUT2D eigenvalue weighted by molar-refractivity contribution is 1.03. The van der Waals surface area contributed by atoms with Crippen LogP contribution < -0.4 is 22.5 Å². The van der Waals surface area contributed by atoms with E-state index in [9.17, 15) is 19.2 Å². The van der Waals surface area contributed by atoms with Crippen molar-refractivity contribution in [2.75, 3.05) is 0 Å². The number of H-pyrrole nitrogens is 4. The average molecular weight is 422 g/mol. The second-order valence-electron chi connectivity index (χ2n) is 6.63. The van der Waals surface area contributed by atoms with Crippen LogP contribution >= 0.6 is 0 Å². The monoisotopic (exact) mass is 422 g/mol. The molecule has 0 aliphatic heterocycles. The van der Waals surface area contributed by atoms with Crippen molar-refractivity contribution >= 4 is 0 Å². The highest BCUT2D eigenvalue weighted by atomic mass is 16.2. The van der Waals surface area contributed by atoms with Crippen molar-refractivity contribution < 1.29 is 0 Å². The zero-order valence-corrected chi connectivity index (χ0v) is 16.4. The van der Waals surface area contributed by atoms with E-state index in [0.29, 0.717) is 11.1 Å². The van der Waals surface area contributed by atoms with Crippen molar-refractivity contribution in [1.82, 2.24) is 19.9 Å². The molecule has 0 saturated heterocycles. The summed E-state index contributed by atoms with van der Waals surface area (Å²) in [5, 5.41) is 0. The predicted molar refractivity (Wildman–Crippen MR) is 119 cm³/mol. The molecule has 0 atom stereocenters. The summed E-state index contributed by atoms with van der Waals surface area (Å²) in [5.41, 5.74) is 1.49. The molecule has 0 spiro atoms. The van der Waals surface area contributed by atoms with Crippen LogP contribution in [0.1, 0.15) is 22.3 Å². The molecule has 0 aliphatic rings. The van der Waals surface area contributed by atoms with Crippen LogP contribution in [0, 0.1) is 23.7 Å². The summed E-state index contributed by atoms with van der Waals surface area (Å²) >= 11 is 0. The van der Waals surface area contributed by atoms with Crippen molar-refractivity contribution in [1.29, 1.82) is 0 Å². The molecule has 4 N–H and O–H groups in total. The minimum Gasteiger partial charge on any atom is -0.313 e. The molecule has 0 bridgehead atoms. The lowest BCUT2D eigenvalue weighted by atomic mass is 10.0. The smallest absolute Gasteiger partial charge is 0.313 e. The summed E-state index contributed by atoms with van der Waals surface area (Å²) in [7, 11) is 0. The number of nitrogens with one attached hydrogen (secondary N) is 4. The Morgan fingerprint density at radius 3 is 1.22 bits per heavy atom. The summed E-state index contributed by atoms with van der Waals surface area (Å²) < 4.78 is 0. The summed E-state index contributed by atoms with van der Waals surface area (Å²) in [6, 6.07) is 14.9. The molecular weight excluding hydrogens is 408 g/mol. The van der Waals surface area contributed by atoms with Gasteiger partial charge in [0, 0.05) is 23.5 Å². The van der Waals surface area contributed by atoms with Gasteiger partial charge in [-0.25, -0.2) is 9.59 Å². The molecule has 4 aromatic rings. The van der Waals surface area contributed by atoms with Crippen LogP contribution in [0.25, 0.3) is 11.1 Å². The third kappa shape index (κ3) is 4.73. The first-order valence-electron chi connectivity index (χ1n) is 9.36. The number of aromatic nitrogens is 4. The van der Waals surface area contributed by atoms with Gasteiger partial charge in [0.15, 0.2) is 0 Å². The first-order chi connectivity index (χ1) is 15.5. The molecule has 0 fully saturated rings. The summed E-state index contributed by atoms with van der Waals surface area (Å²) in [5.74, 6) is 11.2. The Kier molecular flexibility index (Phi) is 5.52. The predicted octanol–water partition coefficient (Wildman–Crippen LogP) is 0.906. The Hall–Kier alpha value is -5.08. The molecule has 2 aromatic heterocycles. The number of benzene rings is 2. The Morgan fingerprint density at radius 1 is 0.500 bits per heavy atom. The van der Waals surface area contributed by atoms with E-state index in [1.165, 1.54) is 12.4 Å². The Labute approximate surface area is 180 Å². The van der Waals surface area contributed by atoms with Crippen molar-refractivity contribution in [3.63, 3.8) is 0 Å². The minimum atomic E-state index is -0.577. The molecule has 0 unspecified atom stereocenters. The molecule has 4 rings (SSSR count). The highest BCUT2D eigenvalue weighted by molar-refractivity contribution is 5.65. The standard InChI is InChI=1S/C24H14N4O4/c29-21-19(13-25-23(31)27-21)11-5-15-1-7-17(8-2-15)18-9-3-16(4-10-18)6-12-20-14-26-24(32)28-22(20)30/h1-4,7-10,13-14H,(H2,25,27,29,31)(H2,26,28,30,32). The Bertz CT molecular complexity index is 1520. The number of hydrogen-bond acceptors (Lipinski definition) is 4. The maximum Gasteiger partial charge on any atom is 0.325 e. The summed E-state index contributed by atoms with van der Waals surface area (Å²) in [6.07, 6.45) is 2.56. The SMILES string of the molecule is O=c1[nH]cc(C#Cc2ccc(-c3ccc(C#Cc4c[nH]c(=O)[nH]c4=O)cc3)cc2)c(=O)[nH]1. The minimum absolute atomic E-state index is 0.175. The fraction of sp³-hybridized carbons (Fsp3) is 0. The van der Waals surface area contributed by atoms with Gasteiger partial charge in [0.05, 0.1) is 0 Å². The lowest BCUT2D eigenvalue weighted by Gasteiger charge is -2.02. The molecule has 32 heavy (non-hydrogen) atoms. The van der Waals surface area contributed by atoms with Crippen LogP contribution in [-0.4, -0.2) is 19.9 Å². The fourth-order valence-corrected chi connectivity index (χ4v) is 2.78. The molecule has 0 saturated carbocycles. The molecule has 0 radical (unpaired) electrons. The molecule has 8 heteroatoms. The van der Waals surface area contributed by atoms with Gasteiger partial charge < -0.3 is 9.97 Å². The van der Waals surface area contributed by atoms with Gasteiger partial charge in [0.2, 0.25) is 0 Å². The topological polar surface area (TPSA) is 131 Å². The van der Waals surface area contributed by atoms with E-state index in [4.69, 9.17) is 0 Å². The molecule has 0 amide bonds. The van der Waals surface area contributed by atoms with Crippen LogP contribution in [0.15, 0.2) is 80.1 Å². The maximum atomic E-state index is 11.7. The largest absolute Gasteiger partial charge is 0.325 e. The second-order valence-corrected chi connectivity index (χ2v) is 6.63. The van der Waals surface area contributed by atoms with Gasteiger partial charge in [-0.05, 0) is 35.4 Å². The number of aromatic amines is 4. The Balaban J connectivity index is 1.51. The number of rotatable bonds is 1. The normalized spacial score (nSPS) is 9.88. The van der Waals surface area contributed by atoms with Gasteiger partial charge in [-0.1, -0.05) is 47.9 Å². The van der Waals surface area contributed by atoms with Crippen LogP contribution in [0.2, 0.25) is 0 Å². The molecule has 8 nitrogen and oxygen atoms in total. The van der Waals surface area contributed by atoms with Crippen molar-refractivity contribution in [3.8, 4) is 34.8 Å². The first kappa shape index (κ1) is 20.2. The van der Waals surface area contributed by atoms with Gasteiger partial charge >= 0.3 is 11.4 Å². The van der Waals surface area contributed by atoms with E-state index in [-0.39, 0.29) is 11.1 Å². The summed E-state index contributed by atoms with van der Waals surface area (Å²) in [6.45, 7) is 0. The highest BCUT2D eigenvalue weighted by Gasteiger charge is 1.99. The zero-order chi connectivity index (χ0) is 22.5. The molecular formula is C24H14N4O4. The molecule has 2 heterocycles. The molecule has 2 aromatic carbocycles. The first-order valence-corrected chi connectivity index (χ1v) is 9.36. The van der Waals surface area contributed by atoms with Gasteiger partial charge in [0.25, 0.3) is 11.1 Å². The average Bonchev–Trinajstić information content (AvgIpc) is 2.79. The van der Waals surface area contributed by atoms with Gasteiger partial charge in [-0.3, -0.25) is 19.6 Å². The van der Waals surface area contributed by atoms with E-state index in [1.807, 2.05) is 48.5 Å². The van der Waals surface area contributed by atoms with Crippen LogP contribution in [0.5, 0.6) is 0 Å². The van der Waals surface area contributed by atoms with E-state index in [0.717, 1.165) is 11.1 Å². The van der Waals surface area contributed by atoms with E-state index < -0.39 is 22.5 Å². The third-order valence-electron chi connectivity index (χ3n) is 4.42. The van der Waals surface area contributed by atoms with E-state index >= 15 is 0 Å². The fourth-order valence-electron chi connectivity index (χ4n) is 2.78. The van der Waals surface area contributed by atoms with E-state index in [1.54, 1.807) is 0 Å². The lowest BCUT2D eigenvalue weighted by Crippen LogP contribution is -2.23. The van der Waals surface area contributed by atoms with Gasteiger partial charge in [0.1, 0.15) is 11.1 Å². The maximum absolute atomic E-state index is 11.7. The Morgan fingerprint density at radius 2 is 0.875 bits per heavy atom. The van der Waals surface area contributed by atoms with Gasteiger partial charge in [-0.2, -0.15) is 0 Å². The van der Waals surface area contributed by atoms with Crippen molar-refractivity contribution in [2.24, 2.45) is 0 Å². The van der Waals surface area contributed by atoms with Crippen LogP contribution in [0.4, 0.5) is 0 Å². The zero-order valence-electron chi connectivity index (χ0n) is 16.4. The van der Waals surface area contributed by atoms with E-state index in [2.05, 4.69) is 43.6 Å². The quantitative estimate of drug-likeness (QED) is 0.340. The van der Waals surface area contributed by atoms with Crippen molar-refractivity contribution in [2.45, 2.75) is 0 Å². The highest BCUT2D eigenvalue weighted by Crippen LogP contribution is 2.20. The van der Waals surface area contributed by atoms with Gasteiger partial charge in [-0.15, -0.1) is 0 Å². The third-order valence-corrected chi connectivity index (χ3v) is 4.42.